The average molecular weight is 655 g/mol. The van der Waals surface area contributed by atoms with Gasteiger partial charge in [0.15, 0.2) is 12.6 Å². The van der Waals surface area contributed by atoms with Crippen LogP contribution in [0, 0.1) is 56.2 Å². The molecule has 2 aliphatic heterocycles. The Balaban J connectivity index is 1.38. The summed E-state index contributed by atoms with van der Waals surface area (Å²) in [6.45, 7) is 27.2. The molecule has 7 heteroatoms. The van der Waals surface area contributed by atoms with Crippen molar-refractivity contribution in [2.45, 2.75) is 153 Å². The van der Waals surface area contributed by atoms with Crippen LogP contribution in [0.25, 0.3) is 0 Å². The maximum Gasteiger partial charge on any atom is 0.335 e. The Bertz CT molecular complexity index is 1340. The predicted octanol–water partition coefficient (Wildman–Crippen LogP) is 8.76. The highest BCUT2D eigenvalue weighted by molar-refractivity contribution is 5.87. The van der Waals surface area contributed by atoms with Crippen molar-refractivity contribution in [3.8, 4) is 0 Å². The molecule has 0 aromatic rings. The van der Waals surface area contributed by atoms with Gasteiger partial charge in [-0.25, -0.2) is 9.59 Å². The number of ether oxygens (including phenoxy) is 5. The number of carbonyl (C=O) groups excluding carboxylic acids is 2. The van der Waals surface area contributed by atoms with E-state index in [4.69, 9.17) is 23.7 Å². The summed E-state index contributed by atoms with van der Waals surface area (Å²) in [4.78, 5) is 26.3. The van der Waals surface area contributed by atoms with Gasteiger partial charge in [-0.05, 0) is 86.9 Å². The van der Waals surface area contributed by atoms with Gasteiger partial charge >= 0.3 is 11.9 Å². The molecule has 12 atom stereocenters. The van der Waals surface area contributed by atoms with Gasteiger partial charge < -0.3 is 23.7 Å². The minimum Gasteiger partial charge on any atom is -0.458 e. The van der Waals surface area contributed by atoms with Crippen LogP contribution >= 0.6 is 0 Å². The van der Waals surface area contributed by atoms with Gasteiger partial charge in [0.25, 0.3) is 0 Å². The van der Waals surface area contributed by atoms with E-state index in [-0.39, 0.29) is 74.2 Å². The Hall–Kier alpha value is -1.70. The zero-order valence-electron chi connectivity index (χ0n) is 31.3. The standard InChI is InChI=1S/C40H62O7/c1-13-24(4)31(42)45-32-25-21-37(9)18-14-16-35(5,6)39(37,11)28(25)34(46-32)47-33-29-26(22-43-33)30(44-27(41)20-23(2)3)38(10)19-15-17-36(7,8)40(29,38)12/h13,20,25-26,28-30,32-34H,14-19,21-22H2,1-12H3/b24-13+/t25-,26+,28+,29+,30-,32-,33-,34-,37-,38-,39-,40-/m1/s1. The summed E-state index contributed by atoms with van der Waals surface area (Å²) in [7, 11) is 0. The SMILES string of the molecule is C/C=C(\C)C(=O)O[C@@H]1O[C@H](O[C@H]2OC[C@H]3[C@@H]2[C@]2(C)C(C)(C)CCC[C@]2(C)[C@@H]3OC(=O)C=C(C)C)[C@@H]2[C@H]1C[C@@]1(C)CCCC(C)(C)[C@@]21C. The first kappa shape index (κ1) is 35.1. The van der Waals surface area contributed by atoms with E-state index >= 15 is 0 Å². The van der Waals surface area contributed by atoms with E-state index in [9.17, 15) is 9.59 Å². The summed E-state index contributed by atoms with van der Waals surface area (Å²) in [5, 5.41) is 0. The molecule has 0 N–H and O–H groups in total. The van der Waals surface area contributed by atoms with Crippen LogP contribution in [0.4, 0.5) is 0 Å². The van der Waals surface area contributed by atoms with Crippen LogP contribution in [0.5, 0.6) is 0 Å². The van der Waals surface area contributed by atoms with Gasteiger partial charge in [0.2, 0.25) is 6.29 Å². The van der Waals surface area contributed by atoms with E-state index in [0.717, 1.165) is 44.1 Å². The number of hydrogen-bond acceptors (Lipinski definition) is 7. The molecular weight excluding hydrogens is 592 g/mol. The topological polar surface area (TPSA) is 80.3 Å². The Morgan fingerprint density at radius 3 is 2.00 bits per heavy atom. The molecule has 4 aliphatic carbocycles. The van der Waals surface area contributed by atoms with Gasteiger partial charge in [0, 0.05) is 40.7 Å². The van der Waals surface area contributed by atoms with Crippen molar-refractivity contribution in [2.75, 3.05) is 6.61 Å². The van der Waals surface area contributed by atoms with Crippen LogP contribution in [0.1, 0.15) is 128 Å². The molecule has 0 aromatic heterocycles. The molecule has 6 aliphatic rings. The minimum absolute atomic E-state index is 0.0144. The second-order valence-corrected chi connectivity index (χ2v) is 18.6. The summed E-state index contributed by atoms with van der Waals surface area (Å²) >= 11 is 0. The third kappa shape index (κ3) is 4.82. The van der Waals surface area contributed by atoms with Crippen LogP contribution in [-0.4, -0.2) is 43.5 Å². The van der Waals surface area contributed by atoms with Crippen LogP contribution < -0.4 is 0 Å². The number of rotatable bonds is 6. The fourth-order valence-corrected chi connectivity index (χ4v) is 12.5. The zero-order valence-corrected chi connectivity index (χ0v) is 31.3. The smallest absolute Gasteiger partial charge is 0.335 e. The quantitative estimate of drug-likeness (QED) is 0.209. The maximum absolute atomic E-state index is 13.2. The molecule has 2 heterocycles. The molecular formula is C40H62O7. The number of esters is 2. The van der Waals surface area contributed by atoms with Crippen LogP contribution in [0.15, 0.2) is 23.3 Å². The number of hydrogen-bond donors (Lipinski definition) is 0. The molecule has 0 unspecified atom stereocenters. The van der Waals surface area contributed by atoms with Gasteiger partial charge in [-0.2, -0.15) is 0 Å². The Morgan fingerprint density at radius 1 is 0.745 bits per heavy atom. The fraction of sp³-hybridized carbons (Fsp3) is 0.850. The van der Waals surface area contributed by atoms with Gasteiger partial charge in [-0.1, -0.05) is 79.9 Å². The maximum atomic E-state index is 13.2. The van der Waals surface area contributed by atoms with Crippen molar-refractivity contribution < 1.29 is 33.3 Å². The first-order valence-electron chi connectivity index (χ1n) is 18.4. The highest BCUT2D eigenvalue weighted by Gasteiger charge is 2.76. The molecule has 264 valence electrons. The fourth-order valence-electron chi connectivity index (χ4n) is 12.5. The molecule has 7 nitrogen and oxygen atoms in total. The predicted molar refractivity (Wildman–Crippen MR) is 181 cm³/mol. The second kappa shape index (κ2) is 11.4. The second-order valence-electron chi connectivity index (χ2n) is 18.6. The Morgan fingerprint density at radius 2 is 1.36 bits per heavy atom. The summed E-state index contributed by atoms with van der Waals surface area (Å²) in [6, 6.07) is 0. The van der Waals surface area contributed by atoms with E-state index < -0.39 is 18.9 Å². The van der Waals surface area contributed by atoms with Crippen molar-refractivity contribution >= 4 is 11.9 Å². The zero-order chi connectivity index (χ0) is 34.5. The molecule has 0 bridgehead atoms. The average Bonchev–Trinajstić information content (AvgIpc) is 3.64. The van der Waals surface area contributed by atoms with Gasteiger partial charge in [-0.15, -0.1) is 0 Å². The number of allylic oxidation sites excluding steroid dienone is 2. The largest absolute Gasteiger partial charge is 0.458 e. The van der Waals surface area contributed by atoms with E-state index in [0.29, 0.717) is 12.2 Å². The first-order chi connectivity index (χ1) is 21.8. The van der Waals surface area contributed by atoms with Crippen molar-refractivity contribution in [3.63, 3.8) is 0 Å². The van der Waals surface area contributed by atoms with Crippen LogP contribution in [-0.2, 0) is 33.3 Å². The highest BCUT2D eigenvalue weighted by atomic mass is 16.8. The summed E-state index contributed by atoms with van der Waals surface area (Å²) in [6.07, 6.45) is 8.98. The van der Waals surface area contributed by atoms with Gasteiger partial charge in [-0.3, -0.25) is 0 Å². The van der Waals surface area contributed by atoms with Crippen molar-refractivity contribution in [3.05, 3.63) is 23.3 Å². The lowest BCUT2D eigenvalue weighted by Crippen LogP contribution is -2.57. The molecule has 0 aromatic carbocycles. The molecule has 6 rings (SSSR count). The van der Waals surface area contributed by atoms with Crippen LogP contribution in [0.2, 0.25) is 0 Å². The Kier molecular flexibility index (Phi) is 8.53. The van der Waals surface area contributed by atoms with Gasteiger partial charge in [0.05, 0.1) is 6.61 Å². The van der Waals surface area contributed by atoms with Crippen molar-refractivity contribution in [1.29, 1.82) is 0 Å². The first-order valence-corrected chi connectivity index (χ1v) is 18.4. The lowest BCUT2D eigenvalue weighted by Gasteiger charge is -2.60. The highest BCUT2D eigenvalue weighted by Crippen LogP contribution is 2.76. The van der Waals surface area contributed by atoms with E-state index in [1.54, 1.807) is 19.1 Å². The molecule has 2 saturated heterocycles. The number of carbonyl (C=O) groups is 2. The molecule has 0 spiro atoms. The molecule has 0 radical (unpaired) electrons. The van der Waals surface area contributed by atoms with E-state index in [2.05, 4.69) is 55.4 Å². The number of fused-ring (bicyclic) bond motifs is 6. The minimum atomic E-state index is -0.673. The molecule has 6 fully saturated rings. The van der Waals surface area contributed by atoms with Gasteiger partial charge in [0.1, 0.15) is 6.10 Å². The summed E-state index contributed by atoms with van der Waals surface area (Å²) < 4.78 is 33.2. The van der Waals surface area contributed by atoms with Crippen molar-refractivity contribution in [1.82, 2.24) is 0 Å². The third-order valence-corrected chi connectivity index (χ3v) is 15.8. The monoisotopic (exact) mass is 654 g/mol. The van der Waals surface area contributed by atoms with Crippen molar-refractivity contribution in [2.24, 2.45) is 56.2 Å². The molecule has 47 heavy (non-hydrogen) atoms. The normalized spacial score (nSPS) is 47.8. The third-order valence-electron chi connectivity index (χ3n) is 15.8. The summed E-state index contributed by atoms with van der Waals surface area (Å²) in [5.41, 5.74) is 1.06. The molecule has 4 saturated carbocycles. The van der Waals surface area contributed by atoms with E-state index in [1.165, 1.54) is 6.42 Å². The lowest BCUT2D eigenvalue weighted by atomic mass is 9.46. The molecule has 0 amide bonds. The Labute approximate surface area is 283 Å². The summed E-state index contributed by atoms with van der Waals surface area (Å²) in [5.74, 6) is -0.496. The van der Waals surface area contributed by atoms with E-state index in [1.807, 2.05) is 20.8 Å². The van der Waals surface area contributed by atoms with Crippen LogP contribution in [0.3, 0.4) is 0 Å². The lowest BCUT2D eigenvalue weighted by molar-refractivity contribution is -0.299.